The van der Waals surface area contributed by atoms with Crippen LogP contribution in [0.15, 0.2) is 11.6 Å². The summed E-state index contributed by atoms with van der Waals surface area (Å²) in [4.78, 5) is 13.4. The Balaban J connectivity index is 1.30. The first-order chi connectivity index (χ1) is 20.7. The molecule has 12 heteroatoms. The van der Waals surface area contributed by atoms with Crippen molar-refractivity contribution in [2.75, 3.05) is 6.61 Å². The fourth-order valence-corrected chi connectivity index (χ4v) is 9.85. The van der Waals surface area contributed by atoms with Crippen molar-refractivity contribution in [1.29, 1.82) is 0 Å². The molecule has 12 nitrogen and oxygen atoms in total. The molecular formula is C33H54O12. The highest BCUT2D eigenvalue weighted by molar-refractivity contribution is 5.95. The molecule has 5 aliphatic rings. The van der Waals surface area contributed by atoms with Gasteiger partial charge in [0.2, 0.25) is 0 Å². The quantitative estimate of drug-likeness (QED) is 0.166. The molecule has 45 heavy (non-hydrogen) atoms. The number of hydrogen-bond donors (Lipinski definition) is 9. The van der Waals surface area contributed by atoms with Crippen LogP contribution in [-0.4, -0.2) is 124 Å². The number of carbonyl (C=O) groups is 1. The Bertz CT molecular complexity index is 1150. The maximum Gasteiger partial charge on any atom is 0.187 e. The van der Waals surface area contributed by atoms with Crippen LogP contribution in [0.3, 0.4) is 0 Å². The van der Waals surface area contributed by atoms with Crippen LogP contribution < -0.4 is 0 Å². The van der Waals surface area contributed by atoms with E-state index in [1.54, 1.807) is 26.8 Å². The van der Waals surface area contributed by atoms with E-state index in [9.17, 15) is 50.8 Å². The molecule has 9 N–H and O–H groups in total. The molecule has 1 aliphatic heterocycles. The van der Waals surface area contributed by atoms with Gasteiger partial charge in [0.25, 0.3) is 0 Å². The summed E-state index contributed by atoms with van der Waals surface area (Å²) in [6.07, 6.45) is -6.04. The summed E-state index contributed by atoms with van der Waals surface area (Å²) in [5, 5.41) is 96.7. The number of ketones is 1. The van der Waals surface area contributed by atoms with Crippen LogP contribution in [0.4, 0.5) is 0 Å². The maximum absolute atomic E-state index is 13.4. The minimum absolute atomic E-state index is 0.0895. The molecule has 15 atom stereocenters. The van der Waals surface area contributed by atoms with Gasteiger partial charge >= 0.3 is 0 Å². The average molecular weight is 643 g/mol. The van der Waals surface area contributed by atoms with E-state index in [0.29, 0.717) is 31.3 Å². The highest BCUT2D eigenvalue weighted by Crippen LogP contribution is 2.68. The molecule has 0 aromatic carbocycles. The van der Waals surface area contributed by atoms with Crippen molar-refractivity contribution in [2.45, 2.75) is 152 Å². The predicted molar refractivity (Wildman–Crippen MR) is 159 cm³/mol. The van der Waals surface area contributed by atoms with Crippen LogP contribution in [0.1, 0.15) is 86.0 Å². The zero-order chi connectivity index (χ0) is 33.5. The van der Waals surface area contributed by atoms with Crippen molar-refractivity contribution < 1.29 is 60.2 Å². The number of ether oxygens (including phenoxy) is 2. The predicted octanol–water partition coefficient (Wildman–Crippen LogP) is -0.322. The molecule has 258 valence electrons. The minimum atomic E-state index is -1.62. The fraction of sp³-hybridized carbons (Fsp3) is 0.909. The van der Waals surface area contributed by atoms with Crippen LogP contribution in [0.25, 0.3) is 0 Å². The highest BCUT2D eigenvalue weighted by atomic mass is 16.7. The smallest absolute Gasteiger partial charge is 0.187 e. The maximum atomic E-state index is 13.4. The Labute approximate surface area is 264 Å². The number of carbonyl (C=O) groups excluding carboxylic acids is 1. The summed E-state index contributed by atoms with van der Waals surface area (Å²) in [6, 6.07) is 0. The summed E-state index contributed by atoms with van der Waals surface area (Å²) in [6.45, 7) is 8.30. The van der Waals surface area contributed by atoms with E-state index < -0.39 is 95.1 Å². The number of aliphatic hydroxyl groups is 9. The number of rotatable bonds is 8. The molecule has 4 fully saturated rings. The summed E-state index contributed by atoms with van der Waals surface area (Å²) < 4.78 is 11.4. The van der Waals surface area contributed by atoms with Crippen molar-refractivity contribution >= 4 is 5.78 Å². The minimum Gasteiger partial charge on any atom is -0.394 e. The van der Waals surface area contributed by atoms with E-state index in [2.05, 4.69) is 0 Å². The Morgan fingerprint density at radius 2 is 1.67 bits per heavy atom. The van der Waals surface area contributed by atoms with Gasteiger partial charge in [-0.1, -0.05) is 13.8 Å². The third kappa shape index (κ3) is 5.55. The molecule has 0 bridgehead atoms. The lowest BCUT2D eigenvalue weighted by Crippen LogP contribution is -2.63. The fourth-order valence-electron chi connectivity index (χ4n) is 9.85. The molecule has 0 radical (unpaired) electrons. The first kappa shape index (κ1) is 35.3. The average Bonchev–Trinajstić information content (AvgIpc) is 3.25. The molecule has 3 saturated carbocycles. The van der Waals surface area contributed by atoms with Crippen LogP contribution in [0, 0.1) is 28.6 Å². The Morgan fingerprint density at radius 1 is 1.00 bits per heavy atom. The van der Waals surface area contributed by atoms with E-state index >= 15 is 0 Å². The van der Waals surface area contributed by atoms with Gasteiger partial charge in [-0.05, 0) is 101 Å². The molecule has 0 amide bonds. The number of aliphatic hydroxyl groups excluding tert-OH is 7. The first-order valence-electron chi connectivity index (χ1n) is 16.5. The van der Waals surface area contributed by atoms with Crippen LogP contribution in [0.2, 0.25) is 0 Å². The molecule has 0 aromatic rings. The second kappa shape index (κ2) is 11.8. The Kier molecular flexibility index (Phi) is 9.28. The van der Waals surface area contributed by atoms with Crippen molar-refractivity contribution in [1.82, 2.24) is 0 Å². The van der Waals surface area contributed by atoms with Gasteiger partial charge in [0.1, 0.15) is 24.4 Å². The van der Waals surface area contributed by atoms with Gasteiger partial charge in [0.15, 0.2) is 12.1 Å². The van der Waals surface area contributed by atoms with Crippen LogP contribution in [-0.2, 0) is 14.3 Å². The second-order valence-corrected chi connectivity index (χ2v) is 16.0. The molecule has 0 unspecified atom stereocenters. The normalized spacial score (nSPS) is 48.9. The topological polar surface area (TPSA) is 218 Å². The Morgan fingerprint density at radius 3 is 2.31 bits per heavy atom. The lowest BCUT2D eigenvalue weighted by Gasteiger charge is -2.60. The molecular weight excluding hydrogens is 588 g/mol. The van der Waals surface area contributed by atoms with E-state index in [1.165, 1.54) is 0 Å². The largest absolute Gasteiger partial charge is 0.394 e. The van der Waals surface area contributed by atoms with Gasteiger partial charge in [-0.3, -0.25) is 4.79 Å². The summed E-state index contributed by atoms with van der Waals surface area (Å²) >= 11 is 0. The number of hydrogen-bond acceptors (Lipinski definition) is 12. The molecule has 4 aliphatic carbocycles. The van der Waals surface area contributed by atoms with Crippen LogP contribution >= 0.6 is 0 Å². The van der Waals surface area contributed by atoms with E-state index in [4.69, 9.17) is 9.47 Å². The van der Waals surface area contributed by atoms with Gasteiger partial charge in [-0.15, -0.1) is 0 Å². The molecule has 1 heterocycles. The molecule has 1 saturated heterocycles. The third-order valence-electron chi connectivity index (χ3n) is 12.8. The number of fused-ring (bicyclic) bond motifs is 5. The van der Waals surface area contributed by atoms with Gasteiger partial charge in [0.05, 0.1) is 41.7 Å². The summed E-state index contributed by atoms with van der Waals surface area (Å²) in [5.41, 5.74) is -4.84. The lowest BCUT2D eigenvalue weighted by molar-refractivity contribution is -0.324. The first-order valence-corrected chi connectivity index (χ1v) is 16.5. The molecule has 0 spiro atoms. The third-order valence-corrected chi connectivity index (χ3v) is 12.8. The summed E-state index contributed by atoms with van der Waals surface area (Å²) in [5.74, 6) is -1.26. The highest BCUT2D eigenvalue weighted by Gasteiger charge is 2.69. The van der Waals surface area contributed by atoms with E-state index in [-0.39, 0.29) is 37.4 Å². The van der Waals surface area contributed by atoms with Gasteiger partial charge < -0.3 is 55.4 Å². The lowest BCUT2D eigenvalue weighted by atomic mass is 9.45. The van der Waals surface area contributed by atoms with Crippen molar-refractivity contribution in [3.63, 3.8) is 0 Å². The van der Waals surface area contributed by atoms with Crippen molar-refractivity contribution in [2.24, 2.45) is 28.6 Å². The van der Waals surface area contributed by atoms with Gasteiger partial charge in [0, 0.05) is 11.3 Å². The summed E-state index contributed by atoms with van der Waals surface area (Å²) in [7, 11) is 0. The van der Waals surface area contributed by atoms with Crippen molar-refractivity contribution in [3.8, 4) is 0 Å². The monoisotopic (exact) mass is 642 g/mol. The SMILES string of the molecule is CC(C)(CC[C@@H](O)[C@](C)(O)[C@H]1CC[C@@]2(O)C3=CC(=O)[C@H]4C[C@@H](O)[C@@H](O)C[C@]4(C)[C@H]3CC[C@]12C)O[C@@H]1O[C@H](CO)[C@@H](O)[C@H](O)[C@H]1O. The second-order valence-electron chi connectivity index (χ2n) is 16.0. The van der Waals surface area contributed by atoms with Gasteiger partial charge in [-0.25, -0.2) is 0 Å². The molecule has 5 rings (SSSR count). The van der Waals surface area contributed by atoms with Crippen LogP contribution in [0.5, 0.6) is 0 Å². The number of allylic oxidation sites excluding steroid dienone is 1. The molecule has 0 aromatic heterocycles. The zero-order valence-corrected chi connectivity index (χ0v) is 27.0. The van der Waals surface area contributed by atoms with Gasteiger partial charge in [-0.2, -0.15) is 0 Å². The van der Waals surface area contributed by atoms with E-state index in [0.717, 1.165) is 0 Å². The standard InChI is InChI=1S/C33H54O12/c1-29(2,45-28-27(41)26(40)25(39)22(15-34)44-28)9-8-24(38)32(5,42)23-7-11-33(43)17-12-19(35)18-13-20(36)21(37)14-30(18,3)16(17)6-10-31(23,33)4/h12,16,18,20-28,34,36-43H,6-11,13-15H2,1-5H3/t16-,18+,20+,21-,22+,23-,24+,25+,26-,27+,28-,30+,31+,32+,33+/m0/s1. The van der Waals surface area contributed by atoms with E-state index in [1.807, 2.05) is 13.8 Å². The van der Waals surface area contributed by atoms with Crippen molar-refractivity contribution in [3.05, 3.63) is 11.6 Å². The zero-order valence-electron chi connectivity index (χ0n) is 27.0. The Hall–Kier alpha value is -1.03.